The molecule has 30 heavy (non-hydrogen) atoms. The quantitative estimate of drug-likeness (QED) is 0.462. The summed E-state index contributed by atoms with van der Waals surface area (Å²) in [5.74, 6) is 0.535. The zero-order chi connectivity index (χ0) is 21.1. The number of nitrogens with one attached hydrogen (secondary N) is 1. The summed E-state index contributed by atoms with van der Waals surface area (Å²) < 4.78 is 7.03. The lowest BCUT2D eigenvalue weighted by atomic mass is 10.2. The Kier molecular flexibility index (Phi) is 6.08. The Morgan fingerprint density at radius 3 is 2.73 bits per heavy atom. The van der Waals surface area contributed by atoms with Gasteiger partial charge in [0.05, 0.1) is 23.3 Å². The Bertz CT molecular complexity index is 1120. The van der Waals surface area contributed by atoms with Gasteiger partial charge in [-0.2, -0.15) is 0 Å². The van der Waals surface area contributed by atoms with E-state index < -0.39 is 5.25 Å². The Hall–Kier alpha value is -2.80. The van der Waals surface area contributed by atoms with E-state index in [9.17, 15) is 9.59 Å². The van der Waals surface area contributed by atoms with Crippen molar-refractivity contribution in [2.24, 2.45) is 0 Å². The summed E-state index contributed by atoms with van der Waals surface area (Å²) in [6.45, 7) is 1.83. The fraction of sp³-hybridized carbons (Fsp3) is 0.348. The van der Waals surface area contributed by atoms with Crippen molar-refractivity contribution < 1.29 is 9.53 Å². The van der Waals surface area contributed by atoms with Gasteiger partial charge in [-0.3, -0.25) is 14.2 Å². The summed E-state index contributed by atoms with van der Waals surface area (Å²) in [6.07, 6.45) is 4.16. The molecule has 1 heterocycles. The number of rotatable bonds is 6. The number of para-hydroxylation sites is 1. The molecule has 1 N–H and O–H groups in total. The predicted molar refractivity (Wildman–Crippen MR) is 120 cm³/mol. The van der Waals surface area contributed by atoms with Crippen LogP contribution in [-0.4, -0.2) is 27.8 Å². The van der Waals surface area contributed by atoms with E-state index in [4.69, 9.17) is 9.72 Å². The first-order chi connectivity index (χ1) is 14.6. The van der Waals surface area contributed by atoms with E-state index in [0.29, 0.717) is 27.5 Å². The van der Waals surface area contributed by atoms with Crippen molar-refractivity contribution in [1.29, 1.82) is 0 Å². The third kappa shape index (κ3) is 4.21. The van der Waals surface area contributed by atoms with Crippen LogP contribution in [0.15, 0.2) is 58.5 Å². The molecule has 0 unspecified atom stereocenters. The van der Waals surface area contributed by atoms with Crippen molar-refractivity contribution in [1.82, 2.24) is 9.55 Å². The fourth-order valence-electron chi connectivity index (χ4n) is 3.85. The van der Waals surface area contributed by atoms with Gasteiger partial charge < -0.3 is 10.1 Å². The standard InChI is InChI=1S/C23H25N3O3S/c1-15(21(27)24-16-8-7-11-18(14-16)29-2)30-23-25-20-13-6-5-12-19(20)22(28)26(23)17-9-3-4-10-17/h5-8,11-15,17H,3-4,9-10H2,1-2H3,(H,24,27)/t15-/m0/s1. The molecule has 1 fully saturated rings. The summed E-state index contributed by atoms with van der Waals surface area (Å²) >= 11 is 1.33. The van der Waals surface area contributed by atoms with E-state index in [-0.39, 0.29) is 17.5 Å². The van der Waals surface area contributed by atoms with Crippen LogP contribution in [0.4, 0.5) is 5.69 Å². The van der Waals surface area contributed by atoms with Gasteiger partial charge in [0, 0.05) is 17.8 Å². The second-order valence-electron chi connectivity index (χ2n) is 7.51. The number of methoxy groups -OCH3 is 1. The second-order valence-corrected chi connectivity index (χ2v) is 8.81. The number of carbonyl (C=O) groups excluding carboxylic acids is 1. The molecular formula is C23H25N3O3S. The SMILES string of the molecule is COc1cccc(NC(=O)[C@H](C)Sc2nc3ccccc3c(=O)n2C2CCCC2)c1. The van der Waals surface area contributed by atoms with Gasteiger partial charge in [0.2, 0.25) is 5.91 Å². The molecule has 0 radical (unpaired) electrons. The van der Waals surface area contributed by atoms with E-state index in [2.05, 4.69) is 5.32 Å². The minimum absolute atomic E-state index is 0.0181. The predicted octanol–water partition coefficient (Wildman–Crippen LogP) is 4.64. The number of aromatic nitrogens is 2. The topological polar surface area (TPSA) is 73.2 Å². The second kappa shape index (κ2) is 8.92. The van der Waals surface area contributed by atoms with Crippen molar-refractivity contribution in [3.63, 3.8) is 0 Å². The summed E-state index contributed by atoms with van der Waals surface area (Å²) in [7, 11) is 1.59. The van der Waals surface area contributed by atoms with Gasteiger partial charge in [0.15, 0.2) is 5.16 Å². The lowest BCUT2D eigenvalue weighted by Crippen LogP contribution is -2.29. The molecular weight excluding hydrogens is 398 g/mol. The average Bonchev–Trinajstić information content (AvgIpc) is 3.28. The number of carbonyl (C=O) groups is 1. The maximum absolute atomic E-state index is 13.2. The lowest BCUT2D eigenvalue weighted by Gasteiger charge is -2.20. The largest absolute Gasteiger partial charge is 0.497 e. The highest BCUT2D eigenvalue weighted by Gasteiger charge is 2.25. The number of nitrogens with zero attached hydrogens (tertiary/aromatic N) is 2. The molecule has 1 atom stereocenters. The van der Waals surface area contributed by atoms with Gasteiger partial charge in [-0.1, -0.05) is 42.8 Å². The molecule has 7 heteroatoms. The van der Waals surface area contributed by atoms with Crippen LogP contribution in [-0.2, 0) is 4.79 Å². The first kappa shape index (κ1) is 20.5. The van der Waals surface area contributed by atoms with E-state index in [1.165, 1.54) is 11.8 Å². The van der Waals surface area contributed by atoms with Crippen LogP contribution in [0.2, 0.25) is 0 Å². The monoisotopic (exact) mass is 423 g/mol. The van der Waals surface area contributed by atoms with E-state index >= 15 is 0 Å². The Labute approximate surface area is 179 Å². The van der Waals surface area contributed by atoms with Crippen LogP contribution in [0.25, 0.3) is 10.9 Å². The third-order valence-electron chi connectivity index (χ3n) is 5.45. The number of amides is 1. The number of anilines is 1. The molecule has 3 aromatic rings. The number of hydrogen-bond acceptors (Lipinski definition) is 5. The minimum atomic E-state index is -0.420. The van der Waals surface area contributed by atoms with Gasteiger partial charge in [0.25, 0.3) is 5.56 Å². The highest BCUT2D eigenvalue weighted by molar-refractivity contribution is 8.00. The molecule has 0 aliphatic heterocycles. The average molecular weight is 424 g/mol. The van der Waals surface area contributed by atoms with Crippen LogP contribution in [0.3, 0.4) is 0 Å². The zero-order valence-electron chi connectivity index (χ0n) is 17.1. The van der Waals surface area contributed by atoms with E-state index in [1.807, 2.05) is 54.0 Å². The Morgan fingerprint density at radius 2 is 1.97 bits per heavy atom. The maximum Gasteiger partial charge on any atom is 0.262 e. The summed E-state index contributed by atoms with van der Waals surface area (Å²) in [6, 6.07) is 14.8. The van der Waals surface area contributed by atoms with Gasteiger partial charge in [-0.25, -0.2) is 4.98 Å². The van der Waals surface area contributed by atoms with Gasteiger partial charge in [-0.05, 0) is 44.0 Å². The number of benzene rings is 2. The molecule has 1 saturated carbocycles. The summed E-state index contributed by atoms with van der Waals surface area (Å²) in [5, 5.41) is 3.74. The molecule has 1 aromatic heterocycles. The molecule has 156 valence electrons. The Balaban J connectivity index is 1.62. The van der Waals surface area contributed by atoms with Crippen LogP contribution >= 0.6 is 11.8 Å². The van der Waals surface area contributed by atoms with Crippen molar-refractivity contribution >= 4 is 34.3 Å². The first-order valence-electron chi connectivity index (χ1n) is 10.2. The number of hydrogen-bond donors (Lipinski definition) is 1. The summed E-state index contributed by atoms with van der Waals surface area (Å²) in [4.78, 5) is 30.8. The van der Waals surface area contributed by atoms with Crippen LogP contribution in [0, 0.1) is 0 Å². The van der Waals surface area contributed by atoms with E-state index in [0.717, 1.165) is 25.7 Å². The maximum atomic E-state index is 13.2. The third-order valence-corrected chi connectivity index (χ3v) is 6.52. The fourth-order valence-corrected chi connectivity index (χ4v) is 4.83. The molecule has 0 spiro atoms. The summed E-state index contributed by atoms with van der Waals surface area (Å²) in [5.41, 5.74) is 1.32. The van der Waals surface area contributed by atoms with Crippen molar-refractivity contribution in [3.05, 3.63) is 58.9 Å². The lowest BCUT2D eigenvalue weighted by molar-refractivity contribution is -0.115. The normalized spacial score (nSPS) is 15.3. The number of thioether (sulfide) groups is 1. The molecule has 0 saturated heterocycles. The van der Waals surface area contributed by atoms with Crippen molar-refractivity contribution in [2.45, 2.75) is 49.1 Å². The van der Waals surface area contributed by atoms with Gasteiger partial charge in [0.1, 0.15) is 5.75 Å². The molecule has 6 nitrogen and oxygen atoms in total. The first-order valence-corrected chi connectivity index (χ1v) is 11.1. The molecule has 2 aromatic carbocycles. The molecule has 4 rings (SSSR count). The highest BCUT2D eigenvalue weighted by Crippen LogP contribution is 2.33. The van der Waals surface area contributed by atoms with E-state index in [1.54, 1.807) is 13.2 Å². The van der Waals surface area contributed by atoms with Crippen molar-refractivity contribution in [3.8, 4) is 5.75 Å². The molecule has 1 aliphatic rings. The van der Waals surface area contributed by atoms with Crippen LogP contribution < -0.4 is 15.6 Å². The molecule has 1 aliphatic carbocycles. The van der Waals surface area contributed by atoms with Crippen LogP contribution in [0.1, 0.15) is 38.6 Å². The van der Waals surface area contributed by atoms with Gasteiger partial charge >= 0.3 is 0 Å². The number of ether oxygens (including phenoxy) is 1. The number of fused-ring (bicyclic) bond motifs is 1. The van der Waals surface area contributed by atoms with Crippen molar-refractivity contribution in [2.75, 3.05) is 12.4 Å². The van der Waals surface area contributed by atoms with Gasteiger partial charge in [-0.15, -0.1) is 0 Å². The minimum Gasteiger partial charge on any atom is -0.497 e. The van der Waals surface area contributed by atoms with Crippen LogP contribution in [0.5, 0.6) is 5.75 Å². The smallest absolute Gasteiger partial charge is 0.262 e. The highest BCUT2D eigenvalue weighted by atomic mass is 32.2. The molecule has 1 amide bonds. The zero-order valence-corrected chi connectivity index (χ0v) is 17.9. The Morgan fingerprint density at radius 1 is 1.20 bits per heavy atom. The molecule has 0 bridgehead atoms.